The summed E-state index contributed by atoms with van der Waals surface area (Å²) >= 11 is 1.35. The number of anilines is 1. The van der Waals surface area contributed by atoms with Crippen molar-refractivity contribution in [3.05, 3.63) is 15.8 Å². The van der Waals surface area contributed by atoms with Gasteiger partial charge < -0.3 is 16.4 Å². The number of thiophene rings is 1. The molecule has 0 aliphatic rings. The third kappa shape index (κ3) is 4.07. The van der Waals surface area contributed by atoms with E-state index >= 15 is 0 Å². The lowest BCUT2D eigenvalue weighted by atomic mass is 10.3. The lowest BCUT2D eigenvalue weighted by molar-refractivity contribution is -0.120. The summed E-state index contributed by atoms with van der Waals surface area (Å²) in [4.78, 5) is 24.3. The number of hydrogen-bond acceptors (Lipinski definition) is 4. The Balaban J connectivity index is 2.37. The number of amides is 2. The van der Waals surface area contributed by atoms with E-state index in [0.717, 1.165) is 4.88 Å². The molecule has 0 aromatic carbocycles. The molecule has 0 saturated heterocycles. The van der Waals surface area contributed by atoms with E-state index in [1.807, 2.05) is 13.8 Å². The molecule has 5 nitrogen and oxygen atoms in total. The summed E-state index contributed by atoms with van der Waals surface area (Å²) in [6.45, 7) is 4.66. The Bertz CT molecular complexity index is 395. The number of carbonyl (C=O) groups excluding carboxylic acids is 2. The topological polar surface area (TPSA) is 84.2 Å². The minimum Gasteiger partial charge on any atom is -0.398 e. The fourth-order valence-electron chi connectivity index (χ4n) is 1.27. The average Bonchev–Trinajstić information content (AvgIpc) is 2.59. The van der Waals surface area contributed by atoms with Gasteiger partial charge in [0.25, 0.3) is 5.91 Å². The van der Waals surface area contributed by atoms with Gasteiger partial charge in [-0.05, 0) is 19.9 Å². The molecule has 0 atom stereocenters. The minimum atomic E-state index is -0.181. The molecule has 0 fully saturated rings. The smallest absolute Gasteiger partial charge is 0.261 e. The van der Waals surface area contributed by atoms with Crippen molar-refractivity contribution in [3.63, 3.8) is 0 Å². The lowest BCUT2D eigenvalue weighted by Crippen LogP contribution is -2.30. The van der Waals surface area contributed by atoms with Gasteiger partial charge in [0.2, 0.25) is 5.91 Å². The highest BCUT2D eigenvalue weighted by molar-refractivity contribution is 7.14. The summed E-state index contributed by atoms with van der Waals surface area (Å²) in [6.07, 6.45) is 0.291. The van der Waals surface area contributed by atoms with Crippen molar-refractivity contribution in [1.82, 2.24) is 10.6 Å². The van der Waals surface area contributed by atoms with Crippen LogP contribution < -0.4 is 16.4 Å². The van der Waals surface area contributed by atoms with Gasteiger partial charge in [0.05, 0.1) is 4.88 Å². The number of nitrogens with one attached hydrogen (secondary N) is 2. The van der Waals surface area contributed by atoms with Crippen LogP contribution >= 0.6 is 11.3 Å². The van der Waals surface area contributed by atoms with Crippen LogP contribution in [0.5, 0.6) is 0 Å². The van der Waals surface area contributed by atoms with E-state index in [1.165, 1.54) is 11.3 Å². The van der Waals surface area contributed by atoms with Crippen molar-refractivity contribution in [2.75, 3.05) is 18.8 Å². The quantitative estimate of drug-likeness (QED) is 0.730. The van der Waals surface area contributed by atoms with Crippen molar-refractivity contribution in [3.8, 4) is 0 Å². The van der Waals surface area contributed by atoms with Gasteiger partial charge >= 0.3 is 0 Å². The fraction of sp³-hybridized carbons (Fsp3) is 0.455. The summed E-state index contributed by atoms with van der Waals surface area (Å²) in [7, 11) is 0. The molecule has 0 aliphatic carbocycles. The van der Waals surface area contributed by atoms with Crippen LogP contribution in [0.1, 0.15) is 27.9 Å². The van der Waals surface area contributed by atoms with Crippen LogP contribution in [0.3, 0.4) is 0 Å². The van der Waals surface area contributed by atoms with E-state index in [1.54, 1.807) is 6.07 Å². The zero-order valence-electron chi connectivity index (χ0n) is 10.0. The predicted octanol–water partition coefficient (Wildman–Crippen LogP) is 0.895. The van der Waals surface area contributed by atoms with E-state index in [4.69, 9.17) is 5.73 Å². The van der Waals surface area contributed by atoms with Crippen LogP contribution in [0.4, 0.5) is 5.69 Å². The van der Waals surface area contributed by atoms with Gasteiger partial charge in [-0.15, -0.1) is 11.3 Å². The Morgan fingerprint density at radius 1 is 1.41 bits per heavy atom. The van der Waals surface area contributed by atoms with Gasteiger partial charge in [0.1, 0.15) is 0 Å². The summed E-state index contributed by atoms with van der Waals surface area (Å²) in [5, 5.41) is 5.35. The lowest BCUT2D eigenvalue weighted by Gasteiger charge is -2.03. The zero-order valence-corrected chi connectivity index (χ0v) is 10.8. The number of rotatable bonds is 5. The predicted molar refractivity (Wildman–Crippen MR) is 69.1 cm³/mol. The molecule has 1 aromatic heterocycles. The maximum absolute atomic E-state index is 11.7. The molecule has 2 amide bonds. The normalized spacial score (nSPS) is 10.0. The Kier molecular flexibility index (Phi) is 4.96. The highest BCUT2D eigenvalue weighted by Gasteiger charge is 2.10. The van der Waals surface area contributed by atoms with Crippen LogP contribution in [0.2, 0.25) is 0 Å². The SMILES string of the molecule is CCNC(=O)CCNC(=O)c1cc(N)c(C)s1. The summed E-state index contributed by atoms with van der Waals surface area (Å²) in [6, 6.07) is 1.65. The molecule has 0 aliphatic heterocycles. The molecule has 0 unspecified atom stereocenters. The molecule has 4 N–H and O–H groups in total. The van der Waals surface area contributed by atoms with Crippen LogP contribution in [0.15, 0.2) is 6.07 Å². The van der Waals surface area contributed by atoms with E-state index in [9.17, 15) is 9.59 Å². The molecule has 0 saturated carbocycles. The second kappa shape index (κ2) is 6.24. The Morgan fingerprint density at radius 2 is 2.12 bits per heavy atom. The van der Waals surface area contributed by atoms with E-state index in [-0.39, 0.29) is 11.8 Å². The maximum Gasteiger partial charge on any atom is 0.261 e. The highest BCUT2D eigenvalue weighted by Crippen LogP contribution is 2.22. The Morgan fingerprint density at radius 3 is 2.65 bits per heavy atom. The first kappa shape index (κ1) is 13.5. The summed E-state index contributed by atoms with van der Waals surface area (Å²) in [5.41, 5.74) is 6.29. The molecular formula is C11H17N3O2S. The Labute approximate surface area is 104 Å². The third-order valence-corrected chi connectivity index (χ3v) is 3.26. The van der Waals surface area contributed by atoms with Gasteiger partial charge in [-0.2, -0.15) is 0 Å². The number of aryl methyl sites for hydroxylation is 1. The van der Waals surface area contributed by atoms with Gasteiger partial charge in [0.15, 0.2) is 0 Å². The second-order valence-electron chi connectivity index (χ2n) is 3.58. The van der Waals surface area contributed by atoms with Gasteiger partial charge in [0, 0.05) is 30.1 Å². The average molecular weight is 255 g/mol. The molecule has 1 aromatic rings. The monoisotopic (exact) mass is 255 g/mol. The van der Waals surface area contributed by atoms with E-state index in [0.29, 0.717) is 30.1 Å². The van der Waals surface area contributed by atoms with E-state index < -0.39 is 0 Å². The van der Waals surface area contributed by atoms with E-state index in [2.05, 4.69) is 10.6 Å². The Hall–Kier alpha value is -1.56. The minimum absolute atomic E-state index is 0.0605. The third-order valence-electron chi connectivity index (χ3n) is 2.19. The van der Waals surface area contributed by atoms with Crippen LogP contribution in [0, 0.1) is 6.92 Å². The second-order valence-corrected chi connectivity index (χ2v) is 4.84. The molecule has 0 radical (unpaired) electrons. The van der Waals surface area contributed by atoms with Crippen molar-refractivity contribution in [1.29, 1.82) is 0 Å². The largest absolute Gasteiger partial charge is 0.398 e. The molecule has 0 spiro atoms. The number of carbonyl (C=O) groups is 2. The highest BCUT2D eigenvalue weighted by atomic mass is 32.1. The van der Waals surface area contributed by atoms with Crippen LogP contribution in [-0.4, -0.2) is 24.9 Å². The van der Waals surface area contributed by atoms with Crippen molar-refractivity contribution >= 4 is 28.8 Å². The van der Waals surface area contributed by atoms with Crippen LogP contribution in [-0.2, 0) is 4.79 Å². The van der Waals surface area contributed by atoms with Gasteiger partial charge in [-0.3, -0.25) is 9.59 Å². The fourth-order valence-corrected chi connectivity index (χ4v) is 2.13. The molecule has 1 rings (SSSR count). The summed E-state index contributed by atoms with van der Waals surface area (Å²) in [5.74, 6) is -0.242. The first-order valence-corrected chi connectivity index (χ1v) is 6.27. The first-order valence-electron chi connectivity index (χ1n) is 5.45. The summed E-state index contributed by atoms with van der Waals surface area (Å²) < 4.78 is 0. The number of hydrogen-bond donors (Lipinski definition) is 3. The number of nitrogen functional groups attached to an aromatic ring is 1. The zero-order chi connectivity index (χ0) is 12.8. The number of nitrogens with two attached hydrogens (primary N) is 1. The molecule has 94 valence electrons. The molecule has 1 heterocycles. The van der Waals surface area contributed by atoms with Crippen molar-refractivity contribution < 1.29 is 9.59 Å². The standard InChI is InChI=1S/C11H17N3O2S/c1-3-13-10(15)4-5-14-11(16)9-6-8(12)7(2)17-9/h6H,3-5,12H2,1-2H3,(H,13,15)(H,14,16). The maximum atomic E-state index is 11.7. The first-order chi connectivity index (χ1) is 8.04. The molecular weight excluding hydrogens is 238 g/mol. The van der Waals surface area contributed by atoms with Crippen molar-refractivity contribution in [2.24, 2.45) is 0 Å². The van der Waals surface area contributed by atoms with Crippen LogP contribution in [0.25, 0.3) is 0 Å². The molecule has 6 heteroatoms. The van der Waals surface area contributed by atoms with Gasteiger partial charge in [-0.25, -0.2) is 0 Å². The van der Waals surface area contributed by atoms with Gasteiger partial charge in [-0.1, -0.05) is 0 Å². The molecule has 17 heavy (non-hydrogen) atoms. The van der Waals surface area contributed by atoms with Crippen molar-refractivity contribution in [2.45, 2.75) is 20.3 Å². The molecule has 0 bridgehead atoms.